The number of amides is 2. The van der Waals surface area contributed by atoms with Gasteiger partial charge in [-0.1, -0.05) is 6.07 Å². The molecule has 0 aromatic heterocycles. The summed E-state index contributed by atoms with van der Waals surface area (Å²) in [6, 6.07) is 5.03. The number of carbonyl (C=O) groups is 2. The van der Waals surface area contributed by atoms with Crippen LogP contribution in [-0.4, -0.2) is 31.4 Å². The van der Waals surface area contributed by atoms with Crippen LogP contribution < -0.4 is 16.0 Å². The van der Waals surface area contributed by atoms with Crippen LogP contribution in [0.25, 0.3) is 0 Å². The first-order chi connectivity index (χ1) is 8.61. The molecule has 0 radical (unpaired) electrons. The largest absolute Gasteiger partial charge is 0.384 e. The Labute approximate surface area is 106 Å². The molecule has 1 heterocycles. The average molecular weight is 247 g/mol. The van der Waals surface area contributed by atoms with Gasteiger partial charge in [-0.15, -0.1) is 0 Å². The van der Waals surface area contributed by atoms with Gasteiger partial charge in [0.1, 0.15) is 6.04 Å². The molecule has 1 aliphatic heterocycles. The Morgan fingerprint density at radius 2 is 2.17 bits per heavy atom. The number of anilines is 1. The summed E-state index contributed by atoms with van der Waals surface area (Å²) in [7, 11) is 1.55. The predicted octanol–water partition coefficient (Wildman–Crippen LogP) is 0.519. The summed E-state index contributed by atoms with van der Waals surface area (Å²) >= 11 is 0. The van der Waals surface area contributed by atoms with Crippen LogP contribution in [0.1, 0.15) is 22.8 Å². The molecule has 2 amide bonds. The Morgan fingerprint density at radius 1 is 1.39 bits per heavy atom. The maximum atomic E-state index is 12.0. The fourth-order valence-electron chi connectivity index (χ4n) is 1.99. The molecule has 5 nitrogen and oxygen atoms in total. The molecule has 1 unspecified atom stereocenters. The zero-order valence-corrected chi connectivity index (χ0v) is 10.5. The summed E-state index contributed by atoms with van der Waals surface area (Å²) in [6.45, 7) is 2.57. The summed E-state index contributed by atoms with van der Waals surface area (Å²) in [4.78, 5) is 23.3. The maximum Gasteiger partial charge on any atom is 0.251 e. The van der Waals surface area contributed by atoms with Gasteiger partial charge in [0, 0.05) is 24.8 Å². The summed E-state index contributed by atoms with van der Waals surface area (Å²) in [5, 5.41) is 8.38. The highest BCUT2D eigenvalue weighted by atomic mass is 16.2. The van der Waals surface area contributed by atoms with Crippen LogP contribution in [0.3, 0.4) is 0 Å². The minimum absolute atomic E-state index is 0.206. The van der Waals surface area contributed by atoms with E-state index < -0.39 is 6.04 Å². The highest BCUT2D eigenvalue weighted by molar-refractivity contribution is 5.98. The molecule has 5 heteroatoms. The number of hydrogen-bond acceptors (Lipinski definition) is 3. The second kappa shape index (κ2) is 5.08. The lowest BCUT2D eigenvalue weighted by Crippen LogP contribution is -2.43. The van der Waals surface area contributed by atoms with Gasteiger partial charge in [-0.05, 0) is 31.0 Å². The Hall–Kier alpha value is -2.04. The zero-order chi connectivity index (χ0) is 13.1. The van der Waals surface area contributed by atoms with Crippen molar-refractivity contribution in [1.82, 2.24) is 10.6 Å². The Morgan fingerprint density at radius 3 is 2.89 bits per heavy atom. The first kappa shape index (κ1) is 12.4. The third kappa shape index (κ3) is 2.45. The van der Waals surface area contributed by atoms with Crippen molar-refractivity contribution in [1.29, 1.82) is 0 Å². The van der Waals surface area contributed by atoms with Crippen LogP contribution in [0.5, 0.6) is 0 Å². The van der Waals surface area contributed by atoms with Crippen molar-refractivity contribution in [3.05, 3.63) is 29.3 Å². The molecule has 0 saturated carbocycles. The molecule has 3 N–H and O–H groups in total. The van der Waals surface area contributed by atoms with Crippen molar-refractivity contribution >= 4 is 17.5 Å². The van der Waals surface area contributed by atoms with Gasteiger partial charge in [0.05, 0.1) is 0 Å². The van der Waals surface area contributed by atoms with Crippen molar-refractivity contribution in [2.45, 2.75) is 19.4 Å². The van der Waals surface area contributed by atoms with E-state index in [0.717, 1.165) is 18.7 Å². The lowest BCUT2D eigenvalue weighted by Gasteiger charge is -2.12. The minimum Gasteiger partial charge on any atom is -0.384 e. The molecule has 0 saturated heterocycles. The highest BCUT2D eigenvalue weighted by Crippen LogP contribution is 2.23. The van der Waals surface area contributed by atoms with E-state index in [4.69, 9.17) is 0 Å². The number of rotatable bonds is 3. The van der Waals surface area contributed by atoms with Crippen LogP contribution in [0.2, 0.25) is 0 Å². The lowest BCUT2D eigenvalue weighted by atomic mass is 10.1. The van der Waals surface area contributed by atoms with Gasteiger partial charge in [0.15, 0.2) is 0 Å². The second-order valence-corrected chi connectivity index (χ2v) is 4.36. The number of benzene rings is 1. The number of likely N-dealkylation sites (N-methyl/N-ethyl adjacent to an activating group) is 1. The van der Waals surface area contributed by atoms with E-state index >= 15 is 0 Å². The maximum absolute atomic E-state index is 12.0. The molecule has 0 spiro atoms. The molecule has 1 aliphatic rings. The molecule has 1 aromatic rings. The molecule has 0 fully saturated rings. The van der Waals surface area contributed by atoms with Crippen molar-refractivity contribution in [2.24, 2.45) is 0 Å². The standard InChI is InChI=1S/C13H17N3O2/c1-8(12(17)14-2)16-13(18)10-4-3-9-5-6-15-11(9)7-10/h3-4,7-8,15H,5-6H2,1-2H3,(H,14,17)(H,16,18). The number of hydrogen-bond donors (Lipinski definition) is 3. The normalized spacial score (nSPS) is 14.3. The fourth-order valence-corrected chi connectivity index (χ4v) is 1.99. The first-order valence-corrected chi connectivity index (χ1v) is 6.01. The lowest BCUT2D eigenvalue weighted by molar-refractivity contribution is -0.122. The minimum atomic E-state index is -0.538. The molecular weight excluding hydrogens is 230 g/mol. The number of fused-ring (bicyclic) bond motifs is 1. The fraction of sp³-hybridized carbons (Fsp3) is 0.385. The monoisotopic (exact) mass is 247 g/mol. The summed E-state index contributed by atoms with van der Waals surface area (Å²) < 4.78 is 0. The van der Waals surface area contributed by atoms with E-state index in [2.05, 4.69) is 16.0 Å². The van der Waals surface area contributed by atoms with Gasteiger partial charge >= 0.3 is 0 Å². The Kier molecular flexibility index (Phi) is 3.50. The quantitative estimate of drug-likeness (QED) is 0.729. The molecular formula is C13H17N3O2. The molecule has 18 heavy (non-hydrogen) atoms. The molecule has 0 aliphatic carbocycles. The van der Waals surface area contributed by atoms with E-state index in [0.29, 0.717) is 5.56 Å². The van der Waals surface area contributed by atoms with Gasteiger partial charge in [-0.3, -0.25) is 9.59 Å². The first-order valence-electron chi connectivity index (χ1n) is 6.01. The topological polar surface area (TPSA) is 70.2 Å². The third-order valence-corrected chi connectivity index (χ3v) is 3.07. The summed E-state index contributed by atoms with van der Waals surface area (Å²) in [5.41, 5.74) is 2.81. The van der Waals surface area contributed by atoms with Crippen LogP contribution in [0, 0.1) is 0 Å². The molecule has 96 valence electrons. The van der Waals surface area contributed by atoms with Crippen molar-refractivity contribution in [3.8, 4) is 0 Å². The second-order valence-electron chi connectivity index (χ2n) is 4.36. The van der Waals surface area contributed by atoms with Crippen LogP contribution in [-0.2, 0) is 11.2 Å². The van der Waals surface area contributed by atoms with Crippen LogP contribution >= 0.6 is 0 Å². The van der Waals surface area contributed by atoms with Gasteiger partial charge < -0.3 is 16.0 Å². The molecule has 1 atom stereocenters. The van der Waals surface area contributed by atoms with E-state index in [1.807, 2.05) is 12.1 Å². The van der Waals surface area contributed by atoms with Gasteiger partial charge in [-0.2, -0.15) is 0 Å². The van der Waals surface area contributed by atoms with E-state index in [-0.39, 0.29) is 11.8 Å². The van der Waals surface area contributed by atoms with Crippen LogP contribution in [0.15, 0.2) is 18.2 Å². The highest BCUT2D eigenvalue weighted by Gasteiger charge is 2.17. The van der Waals surface area contributed by atoms with Crippen molar-refractivity contribution < 1.29 is 9.59 Å². The molecule has 1 aromatic carbocycles. The van der Waals surface area contributed by atoms with E-state index in [1.54, 1.807) is 20.0 Å². The molecule has 0 bridgehead atoms. The van der Waals surface area contributed by atoms with Gasteiger partial charge in [-0.25, -0.2) is 0 Å². The Bertz CT molecular complexity index is 485. The third-order valence-electron chi connectivity index (χ3n) is 3.07. The average Bonchev–Trinajstić information content (AvgIpc) is 2.84. The van der Waals surface area contributed by atoms with E-state index in [9.17, 15) is 9.59 Å². The van der Waals surface area contributed by atoms with Crippen molar-refractivity contribution in [3.63, 3.8) is 0 Å². The number of carbonyl (C=O) groups excluding carboxylic acids is 2. The zero-order valence-electron chi connectivity index (χ0n) is 10.5. The van der Waals surface area contributed by atoms with Gasteiger partial charge in [0.2, 0.25) is 5.91 Å². The summed E-state index contributed by atoms with van der Waals surface area (Å²) in [6.07, 6.45) is 0.992. The molecule has 2 rings (SSSR count). The predicted molar refractivity (Wildman–Crippen MR) is 69.6 cm³/mol. The van der Waals surface area contributed by atoms with Gasteiger partial charge in [0.25, 0.3) is 5.91 Å². The van der Waals surface area contributed by atoms with Crippen LogP contribution in [0.4, 0.5) is 5.69 Å². The Balaban J connectivity index is 2.07. The van der Waals surface area contributed by atoms with Crippen molar-refractivity contribution in [2.75, 3.05) is 18.9 Å². The summed E-state index contributed by atoms with van der Waals surface area (Å²) in [5.74, 6) is -0.440. The SMILES string of the molecule is CNC(=O)C(C)NC(=O)c1ccc2c(c1)NCC2. The van der Waals surface area contributed by atoms with E-state index in [1.165, 1.54) is 5.56 Å². The smallest absolute Gasteiger partial charge is 0.251 e. The number of nitrogens with one attached hydrogen (secondary N) is 3.